The van der Waals surface area contributed by atoms with Crippen molar-refractivity contribution in [1.29, 1.82) is 0 Å². The topological polar surface area (TPSA) is 75.9 Å². The van der Waals surface area contributed by atoms with Crippen LogP contribution >= 0.6 is 0 Å². The standard InChI is InChI=1S/C17H23N3O4/c21-17(19-9-11-24-12-10-19)15-5-7-18(8-6-15)13-14-1-3-16(4-2-14)20(22)23/h1-4,15H,5-13H2. The maximum atomic E-state index is 12.5. The van der Waals surface area contributed by atoms with Gasteiger partial charge in [-0.2, -0.15) is 0 Å². The number of nitro benzene ring substituents is 1. The van der Waals surface area contributed by atoms with Crippen molar-refractivity contribution in [2.45, 2.75) is 19.4 Å². The molecule has 2 heterocycles. The SMILES string of the molecule is O=C(C1CCN(Cc2ccc([N+](=O)[O-])cc2)CC1)N1CCOCC1. The first kappa shape index (κ1) is 16.9. The van der Waals surface area contributed by atoms with E-state index in [2.05, 4.69) is 4.90 Å². The molecule has 1 aromatic carbocycles. The molecule has 1 amide bonds. The number of rotatable bonds is 4. The molecule has 2 aliphatic rings. The smallest absolute Gasteiger partial charge is 0.269 e. The Labute approximate surface area is 141 Å². The van der Waals surface area contributed by atoms with Crippen molar-refractivity contribution in [3.05, 3.63) is 39.9 Å². The zero-order valence-electron chi connectivity index (χ0n) is 13.7. The summed E-state index contributed by atoms with van der Waals surface area (Å²) in [5.74, 6) is 0.393. The molecule has 2 saturated heterocycles. The molecule has 7 nitrogen and oxygen atoms in total. The van der Waals surface area contributed by atoms with E-state index in [4.69, 9.17) is 4.74 Å². The molecule has 130 valence electrons. The molecule has 0 unspecified atom stereocenters. The van der Waals surface area contributed by atoms with Crippen LogP contribution in [0.3, 0.4) is 0 Å². The van der Waals surface area contributed by atoms with E-state index in [1.807, 2.05) is 17.0 Å². The summed E-state index contributed by atoms with van der Waals surface area (Å²) in [5, 5.41) is 10.7. The zero-order chi connectivity index (χ0) is 16.9. The molecule has 0 aromatic heterocycles. The Hall–Kier alpha value is -1.99. The van der Waals surface area contributed by atoms with Gasteiger partial charge in [-0.25, -0.2) is 0 Å². The molecule has 0 spiro atoms. The number of benzene rings is 1. The van der Waals surface area contributed by atoms with E-state index in [-0.39, 0.29) is 22.4 Å². The van der Waals surface area contributed by atoms with Crippen molar-refractivity contribution in [3.8, 4) is 0 Å². The highest BCUT2D eigenvalue weighted by molar-refractivity contribution is 5.79. The summed E-state index contributed by atoms with van der Waals surface area (Å²) in [6, 6.07) is 6.71. The predicted molar refractivity (Wildman–Crippen MR) is 88.5 cm³/mol. The van der Waals surface area contributed by atoms with Gasteiger partial charge in [-0.3, -0.25) is 19.8 Å². The molecule has 3 rings (SSSR count). The summed E-state index contributed by atoms with van der Waals surface area (Å²) >= 11 is 0. The van der Waals surface area contributed by atoms with Gasteiger partial charge in [0.15, 0.2) is 0 Å². The highest BCUT2D eigenvalue weighted by Gasteiger charge is 2.29. The first-order chi connectivity index (χ1) is 11.6. The molecule has 0 atom stereocenters. The zero-order valence-corrected chi connectivity index (χ0v) is 13.7. The van der Waals surface area contributed by atoms with Crippen molar-refractivity contribution >= 4 is 11.6 Å². The summed E-state index contributed by atoms with van der Waals surface area (Å²) in [6.07, 6.45) is 1.76. The van der Waals surface area contributed by atoms with E-state index in [0.717, 1.165) is 38.0 Å². The molecule has 2 fully saturated rings. The third-order valence-electron chi connectivity index (χ3n) is 4.81. The van der Waals surface area contributed by atoms with E-state index in [9.17, 15) is 14.9 Å². The number of non-ortho nitro benzene ring substituents is 1. The van der Waals surface area contributed by atoms with Crippen molar-refractivity contribution in [2.24, 2.45) is 5.92 Å². The fourth-order valence-electron chi connectivity index (χ4n) is 3.36. The Bertz CT molecular complexity index is 576. The lowest BCUT2D eigenvalue weighted by Gasteiger charge is -2.35. The van der Waals surface area contributed by atoms with E-state index in [1.54, 1.807) is 12.1 Å². The number of nitrogens with zero attached hydrogens (tertiary/aromatic N) is 3. The molecule has 0 saturated carbocycles. The first-order valence-corrected chi connectivity index (χ1v) is 8.46. The molecule has 1 aromatic rings. The summed E-state index contributed by atoms with van der Waals surface area (Å²) in [6.45, 7) is 5.26. The minimum absolute atomic E-state index is 0.119. The van der Waals surface area contributed by atoms with Crippen LogP contribution in [0.2, 0.25) is 0 Å². The van der Waals surface area contributed by atoms with Gasteiger partial charge >= 0.3 is 0 Å². The second-order valence-corrected chi connectivity index (χ2v) is 6.41. The Morgan fingerprint density at radius 1 is 1.12 bits per heavy atom. The highest BCUT2D eigenvalue weighted by Crippen LogP contribution is 2.22. The lowest BCUT2D eigenvalue weighted by molar-refractivity contribution is -0.384. The normalized spacial score (nSPS) is 20.1. The number of piperidine rings is 1. The maximum Gasteiger partial charge on any atom is 0.269 e. The number of likely N-dealkylation sites (tertiary alicyclic amines) is 1. The number of carbonyl (C=O) groups is 1. The summed E-state index contributed by atoms with van der Waals surface area (Å²) in [5.41, 5.74) is 1.19. The van der Waals surface area contributed by atoms with Crippen LogP contribution in [-0.2, 0) is 16.1 Å². The monoisotopic (exact) mass is 333 g/mol. The van der Waals surface area contributed by atoms with Gasteiger partial charge in [0.05, 0.1) is 18.1 Å². The van der Waals surface area contributed by atoms with Crippen LogP contribution in [0.15, 0.2) is 24.3 Å². The number of carbonyl (C=O) groups excluding carboxylic acids is 1. The number of amides is 1. The molecule has 24 heavy (non-hydrogen) atoms. The van der Waals surface area contributed by atoms with Gasteiger partial charge in [-0.15, -0.1) is 0 Å². The van der Waals surface area contributed by atoms with Crippen LogP contribution < -0.4 is 0 Å². The molecule has 7 heteroatoms. The number of morpholine rings is 1. The molecular weight excluding hydrogens is 310 g/mol. The molecule has 2 aliphatic heterocycles. The van der Waals surface area contributed by atoms with Crippen LogP contribution in [0.4, 0.5) is 5.69 Å². The Morgan fingerprint density at radius 2 is 1.75 bits per heavy atom. The van der Waals surface area contributed by atoms with Crippen LogP contribution in [0.25, 0.3) is 0 Å². The van der Waals surface area contributed by atoms with Crippen molar-refractivity contribution in [3.63, 3.8) is 0 Å². The second-order valence-electron chi connectivity index (χ2n) is 6.41. The third-order valence-corrected chi connectivity index (χ3v) is 4.81. The number of ether oxygens (including phenoxy) is 1. The molecular formula is C17H23N3O4. The average Bonchev–Trinajstić information content (AvgIpc) is 2.63. The number of nitro groups is 1. The summed E-state index contributed by atoms with van der Waals surface area (Å²) in [4.78, 5) is 27.0. The molecule has 0 N–H and O–H groups in total. The second kappa shape index (κ2) is 7.72. The minimum atomic E-state index is -0.382. The number of hydrogen-bond donors (Lipinski definition) is 0. The fourth-order valence-corrected chi connectivity index (χ4v) is 3.36. The van der Waals surface area contributed by atoms with Crippen LogP contribution in [0.1, 0.15) is 18.4 Å². The van der Waals surface area contributed by atoms with Crippen LogP contribution in [0, 0.1) is 16.0 Å². The van der Waals surface area contributed by atoms with Gasteiger partial charge in [0.2, 0.25) is 5.91 Å². The Balaban J connectivity index is 1.48. The van der Waals surface area contributed by atoms with Crippen molar-refractivity contribution < 1.29 is 14.5 Å². The lowest BCUT2D eigenvalue weighted by Crippen LogP contribution is -2.46. The average molecular weight is 333 g/mol. The van der Waals surface area contributed by atoms with Crippen LogP contribution in [-0.4, -0.2) is 60.0 Å². The molecule has 0 radical (unpaired) electrons. The van der Waals surface area contributed by atoms with Gasteiger partial charge in [-0.05, 0) is 31.5 Å². The van der Waals surface area contributed by atoms with E-state index in [1.165, 1.54) is 0 Å². The highest BCUT2D eigenvalue weighted by atomic mass is 16.6. The van der Waals surface area contributed by atoms with E-state index in [0.29, 0.717) is 26.3 Å². The molecule has 0 bridgehead atoms. The number of hydrogen-bond acceptors (Lipinski definition) is 5. The van der Waals surface area contributed by atoms with Gasteiger partial charge < -0.3 is 9.64 Å². The van der Waals surface area contributed by atoms with Crippen LogP contribution in [0.5, 0.6) is 0 Å². The Morgan fingerprint density at radius 3 is 2.33 bits per heavy atom. The first-order valence-electron chi connectivity index (χ1n) is 8.46. The van der Waals surface area contributed by atoms with Gasteiger partial charge in [0.25, 0.3) is 5.69 Å². The van der Waals surface area contributed by atoms with E-state index < -0.39 is 0 Å². The van der Waals surface area contributed by atoms with Crippen molar-refractivity contribution in [1.82, 2.24) is 9.80 Å². The predicted octanol–water partition coefficient (Wildman–Crippen LogP) is 1.67. The summed E-state index contributed by atoms with van der Waals surface area (Å²) < 4.78 is 5.30. The van der Waals surface area contributed by atoms with Gasteiger partial charge in [0.1, 0.15) is 0 Å². The van der Waals surface area contributed by atoms with E-state index >= 15 is 0 Å². The largest absolute Gasteiger partial charge is 0.378 e. The summed E-state index contributed by atoms with van der Waals surface area (Å²) in [7, 11) is 0. The fraction of sp³-hybridized carbons (Fsp3) is 0.588. The van der Waals surface area contributed by atoms with Crippen molar-refractivity contribution in [2.75, 3.05) is 39.4 Å². The minimum Gasteiger partial charge on any atom is -0.378 e. The van der Waals surface area contributed by atoms with Gasteiger partial charge in [-0.1, -0.05) is 12.1 Å². The lowest BCUT2D eigenvalue weighted by atomic mass is 9.94. The third kappa shape index (κ3) is 4.10. The van der Waals surface area contributed by atoms with Gasteiger partial charge in [0, 0.05) is 37.7 Å². The quantitative estimate of drug-likeness (QED) is 0.619. The maximum absolute atomic E-state index is 12.5. The molecule has 0 aliphatic carbocycles. The Kier molecular flexibility index (Phi) is 5.42.